The second-order valence-corrected chi connectivity index (χ2v) is 3.40. The van der Waals surface area contributed by atoms with Crippen LogP contribution in [0.25, 0.3) is 10.9 Å². The first kappa shape index (κ1) is 8.83. The van der Waals surface area contributed by atoms with Crippen LogP contribution in [0.5, 0.6) is 0 Å². The fourth-order valence-electron chi connectivity index (χ4n) is 1.78. The van der Waals surface area contributed by atoms with Crippen molar-refractivity contribution in [2.24, 2.45) is 0 Å². The lowest BCUT2D eigenvalue weighted by Gasteiger charge is -1.96. The summed E-state index contributed by atoms with van der Waals surface area (Å²) in [7, 11) is 0. The minimum Gasteiger partial charge on any atom is -0.360 e. The van der Waals surface area contributed by atoms with Gasteiger partial charge in [0, 0.05) is 11.6 Å². The third-order valence-electron chi connectivity index (χ3n) is 2.44. The van der Waals surface area contributed by atoms with E-state index in [9.17, 15) is 0 Å². The van der Waals surface area contributed by atoms with Crippen molar-refractivity contribution in [3.8, 4) is 6.07 Å². The minimum atomic E-state index is 0.727. The molecular formula is C12H12N2. The Labute approximate surface area is 83.2 Å². The van der Waals surface area contributed by atoms with Crippen molar-refractivity contribution in [2.45, 2.75) is 19.8 Å². The van der Waals surface area contributed by atoms with E-state index in [0.717, 1.165) is 23.9 Å². The van der Waals surface area contributed by atoms with Gasteiger partial charge in [-0.2, -0.15) is 5.26 Å². The minimum absolute atomic E-state index is 0.727. The molecule has 1 aromatic heterocycles. The van der Waals surface area contributed by atoms with Crippen LogP contribution in [0.15, 0.2) is 24.4 Å². The predicted octanol–water partition coefficient (Wildman–Crippen LogP) is 2.99. The van der Waals surface area contributed by atoms with Crippen molar-refractivity contribution in [3.05, 3.63) is 35.5 Å². The number of nitrogens with one attached hydrogen (secondary N) is 1. The number of aromatic nitrogens is 1. The third-order valence-corrected chi connectivity index (χ3v) is 2.44. The van der Waals surface area contributed by atoms with Crippen LogP contribution >= 0.6 is 0 Å². The molecule has 0 fully saturated rings. The number of para-hydroxylation sites is 1. The lowest BCUT2D eigenvalue weighted by molar-refractivity contribution is 0.929. The van der Waals surface area contributed by atoms with Crippen molar-refractivity contribution < 1.29 is 0 Å². The molecule has 0 atom stereocenters. The van der Waals surface area contributed by atoms with Crippen LogP contribution in [0.4, 0.5) is 0 Å². The molecular weight excluding hydrogens is 172 g/mol. The monoisotopic (exact) mass is 184 g/mol. The van der Waals surface area contributed by atoms with E-state index in [2.05, 4.69) is 24.0 Å². The summed E-state index contributed by atoms with van der Waals surface area (Å²) in [6.07, 6.45) is 4.20. The van der Waals surface area contributed by atoms with Crippen molar-refractivity contribution in [3.63, 3.8) is 0 Å². The zero-order chi connectivity index (χ0) is 9.97. The number of benzene rings is 1. The molecule has 0 radical (unpaired) electrons. The first-order chi connectivity index (χ1) is 6.86. The number of aryl methyl sites for hydroxylation is 1. The molecule has 0 amide bonds. The molecule has 0 unspecified atom stereocenters. The van der Waals surface area contributed by atoms with Gasteiger partial charge in [0.25, 0.3) is 0 Å². The molecule has 0 aliphatic carbocycles. The number of rotatable bonds is 2. The summed E-state index contributed by atoms with van der Waals surface area (Å²) in [6.45, 7) is 2.16. The molecule has 2 aromatic rings. The lowest BCUT2D eigenvalue weighted by Crippen LogP contribution is -1.80. The van der Waals surface area contributed by atoms with Crippen LogP contribution in [-0.2, 0) is 6.42 Å². The number of aromatic amines is 1. The molecule has 2 nitrogen and oxygen atoms in total. The van der Waals surface area contributed by atoms with Crippen LogP contribution in [-0.4, -0.2) is 4.98 Å². The van der Waals surface area contributed by atoms with Crippen molar-refractivity contribution >= 4 is 10.9 Å². The summed E-state index contributed by atoms with van der Waals surface area (Å²) in [6, 6.07) is 8.04. The smallest absolute Gasteiger partial charge is 0.101 e. The number of hydrogen-bond acceptors (Lipinski definition) is 1. The molecule has 1 aromatic carbocycles. The number of nitriles is 1. The van der Waals surface area contributed by atoms with Crippen LogP contribution in [0, 0.1) is 11.3 Å². The highest BCUT2D eigenvalue weighted by atomic mass is 14.7. The molecule has 0 aliphatic heterocycles. The number of fused-ring (bicyclic) bond motifs is 1. The number of nitrogens with zero attached hydrogens (tertiary/aromatic N) is 1. The van der Waals surface area contributed by atoms with E-state index in [1.165, 1.54) is 10.9 Å². The Morgan fingerprint density at radius 1 is 1.43 bits per heavy atom. The third kappa shape index (κ3) is 1.27. The van der Waals surface area contributed by atoms with Gasteiger partial charge >= 0.3 is 0 Å². The lowest BCUT2D eigenvalue weighted by atomic mass is 10.1. The SMILES string of the molecule is CCCc1c[nH]c2c(C#N)cccc12. The molecule has 0 spiro atoms. The van der Waals surface area contributed by atoms with Gasteiger partial charge in [-0.3, -0.25) is 0 Å². The Morgan fingerprint density at radius 2 is 2.29 bits per heavy atom. The molecule has 14 heavy (non-hydrogen) atoms. The average Bonchev–Trinajstić information content (AvgIpc) is 2.62. The molecule has 0 bridgehead atoms. The molecule has 0 saturated heterocycles. The largest absolute Gasteiger partial charge is 0.360 e. The Hall–Kier alpha value is -1.75. The van der Waals surface area contributed by atoms with Gasteiger partial charge in [-0.15, -0.1) is 0 Å². The quantitative estimate of drug-likeness (QED) is 0.765. The molecule has 0 saturated carbocycles. The Bertz CT molecular complexity index is 488. The Kier molecular flexibility index (Phi) is 2.24. The molecule has 70 valence electrons. The summed E-state index contributed by atoms with van der Waals surface area (Å²) in [5, 5.41) is 10.1. The normalized spacial score (nSPS) is 10.3. The van der Waals surface area contributed by atoms with Gasteiger partial charge in [-0.25, -0.2) is 0 Å². The second kappa shape index (κ2) is 3.55. The highest BCUT2D eigenvalue weighted by molar-refractivity contribution is 5.87. The van der Waals surface area contributed by atoms with E-state index in [4.69, 9.17) is 5.26 Å². The summed E-state index contributed by atoms with van der Waals surface area (Å²) in [4.78, 5) is 3.17. The van der Waals surface area contributed by atoms with Gasteiger partial charge in [0.15, 0.2) is 0 Å². The van der Waals surface area contributed by atoms with Crippen LogP contribution in [0.3, 0.4) is 0 Å². The maximum Gasteiger partial charge on any atom is 0.101 e. The summed E-state index contributed by atoms with van der Waals surface area (Å²) >= 11 is 0. The predicted molar refractivity (Wildman–Crippen MR) is 57.0 cm³/mol. The van der Waals surface area contributed by atoms with E-state index in [1.54, 1.807) is 0 Å². The first-order valence-electron chi connectivity index (χ1n) is 4.86. The zero-order valence-corrected chi connectivity index (χ0v) is 8.17. The van der Waals surface area contributed by atoms with Gasteiger partial charge in [-0.1, -0.05) is 25.5 Å². The Morgan fingerprint density at radius 3 is 3.00 bits per heavy atom. The van der Waals surface area contributed by atoms with Crippen molar-refractivity contribution in [1.29, 1.82) is 5.26 Å². The number of H-pyrrole nitrogens is 1. The Balaban J connectivity index is 2.65. The highest BCUT2D eigenvalue weighted by Gasteiger charge is 2.05. The van der Waals surface area contributed by atoms with E-state index in [0.29, 0.717) is 0 Å². The molecule has 1 heterocycles. The highest BCUT2D eigenvalue weighted by Crippen LogP contribution is 2.22. The van der Waals surface area contributed by atoms with Gasteiger partial charge in [0.1, 0.15) is 6.07 Å². The van der Waals surface area contributed by atoms with Gasteiger partial charge in [0.2, 0.25) is 0 Å². The van der Waals surface area contributed by atoms with E-state index >= 15 is 0 Å². The van der Waals surface area contributed by atoms with Crippen LogP contribution in [0.2, 0.25) is 0 Å². The molecule has 1 N–H and O–H groups in total. The standard InChI is InChI=1S/C12H12N2/c1-2-4-10-8-14-12-9(7-13)5-3-6-11(10)12/h3,5-6,8,14H,2,4H2,1H3. The second-order valence-electron chi connectivity index (χ2n) is 3.40. The fourth-order valence-corrected chi connectivity index (χ4v) is 1.78. The molecule has 2 rings (SSSR count). The van der Waals surface area contributed by atoms with Gasteiger partial charge in [0.05, 0.1) is 11.1 Å². The molecule has 0 aliphatic rings. The maximum absolute atomic E-state index is 8.90. The summed E-state index contributed by atoms with van der Waals surface area (Å²) in [5.41, 5.74) is 3.00. The summed E-state index contributed by atoms with van der Waals surface area (Å²) in [5.74, 6) is 0. The fraction of sp³-hybridized carbons (Fsp3) is 0.250. The first-order valence-corrected chi connectivity index (χ1v) is 4.86. The average molecular weight is 184 g/mol. The zero-order valence-electron chi connectivity index (χ0n) is 8.17. The number of hydrogen-bond donors (Lipinski definition) is 1. The summed E-state index contributed by atoms with van der Waals surface area (Å²) < 4.78 is 0. The van der Waals surface area contributed by atoms with Crippen LogP contribution in [0.1, 0.15) is 24.5 Å². The van der Waals surface area contributed by atoms with Crippen molar-refractivity contribution in [2.75, 3.05) is 0 Å². The van der Waals surface area contributed by atoms with E-state index < -0.39 is 0 Å². The van der Waals surface area contributed by atoms with E-state index in [-0.39, 0.29) is 0 Å². The van der Waals surface area contributed by atoms with Gasteiger partial charge in [-0.05, 0) is 18.1 Å². The van der Waals surface area contributed by atoms with E-state index in [1.807, 2.05) is 18.3 Å². The topological polar surface area (TPSA) is 39.6 Å². The molecule has 2 heteroatoms. The van der Waals surface area contributed by atoms with Crippen molar-refractivity contribution in [1.82, 2.24) is 4.98 Å². The van der Waals surface area contributed by atoms with Crippen LogP contribution < -0.4 is 0 Å². The maximum atomic E-state index is 8.90. The van der Waals surface area contributed by atoms with Gasteiger partial charge < -0.3 is 4.98 Å².